The van der Waals surface area contributed by atoms with Crippen LogP contribution in [0.25, 0.3) is 0 Å². The topological polar surface area (TPSA) is 44.4 Å². The molecular weight excluding hydrogens is 472 g/mol. The average molecular weight is 495 g/mol. The number of carbonyl (C=O) groups is 1. The molecule has 3 heterocycles. The van der Waals surface area contributed by atoms with Crippen molar-refractivity contribution in [1.29, 1.82) is 0 Å². The molecule has 2 bridgehead atoms. The van der Waals surface area contributed by atoms with Crippen LogP contribution >= 0.6 is 0 Å². The van der Waals surface area contributed by atoms with E-state index in [0.29, 0.717) is 5.69 Å². The standard InChI is InChI=1S/C25H23F6N3O/c1-13-17(12-32-21-4-2-3-18(22(13)21)24(26,27)28)23(35)33-20-10-9-16(11-19(20)25(29,30)31)34-14-5-6-15(34)8-7-14/h2-4,9-12,14-15,18,22,32H,1,5-8H2,(H,33,35). The van der Waals surface area contributed by atoms with Crippen molar-refractivity contribution in [2.45, 2.75) is 50.1 Å². The number of nitrogens with zero attached hydrogens (tertiary/aromatic N) is 1. The Hall–Kier alpha value is -3.17. The lowest BCUT2D eigenvalue weighted by Crippen LogP contribution is -2.39. The van der Waals surface area contributed by atoms with Gasteiger partial charge < -0.3 is 15.5 Å². The van der Waals surface area contributed by atoms with Crippen molar-refractivity contribution in [3.8, 4) is 0 Å². The van der Waals surface area contributed by atoms with Gasteiger partial charge in [0, 0.05) is 35.6 Å². The molecule has 2 unspecified atom stereocenters. The minimum atomic E-state index is -4.74. The van der Waals surface area contributed by atoms with E-state index in [9.17, 15) is 31.1 Å². The van der Waals surface area contributed by atoms with Gasteiger partial charge in [0.15, 0.2) is 0 Å². The van der Waals surface area contributed by atoms with Crippen molar-refractivity contribution in [1.82, 2.24) is 5.32 Å². The van der Waals surface area contributed by atoms with E-state index in [4.69, 9.17) is 0 Å². The van der Waals surface area contributed by atoms with Crippen molar-refractivity contribution < 1.29 is 31.1 Å². The number of hydrogen-bond acceptors (Lipinski definition) is 3. The van der Waals surface area contributed by atoms with E-state index < -0.39 is 41.3 Å². The summed E-state index contributed by atoms with van der Waals surface area (Å²) in [6.45, 7) is 3.69. The van der Waals surface area contributed by atoms with E-state index in [1.54, 1.807) is 6.07 Å². The van der Waals surface area contributed by atoms with Crippen molar-refractivity contribution in [2.24, 2.45) is 11.8 Å². The molecule has 0 saturated carbocycles. The number of halogens is 6. The predicted octanol–water partition coefficient (Wildman–Crippen LogP) is 6.07. The van der Waals surface area contributed by atoms with Gasteiger partial charge in [-0.2, -0.15) is 26.3 Å². The van der Waals surface area contributed by atoms with Crippen LogP contribution in [0, 0.1) is 11.8 Å². The number of carbonyl (C=O) groups excluding carboxylic acids is 1. The summed E-state index contributed by atoms with van der Waals surface area (Å²) < 4.78 is 82.6. The lowest BCUT2D eigenvalue weighted by atomic mass is 9.76. The Morgan fingerprint density at radius 2 is 1.71 bits per heavy atom. The molecule has 0 aromatic heterocycles. The second-order valence-electron chi connectivity index (χ2n) is 9.33. The Morgan fingerprint density at radius 3 is 2.31 bits per heavy atom. The second kappa shape index (κ2) is 8.20. The van der Waals surface area contributed by atoms with Crippen LogP contribution in [-0.2, 0) is 11.0 Å². The summed E-state index contributed by atoms with van der Waals surface area (Å²) in [5.74, 6) is -4.13. The molecule has 0 spiro atoms. The molecule has 2 fully saturated rings. The van der Waals surface area contributed by atoms with Gasteiger partial charge in [0.05, 0.1) is 22.7 Å². The fourth-order valence-electron chi connectivity index (χ4n) is 5.72. The van der Waals surface area contributed by atoms with Crippen LogP contribution in [0.2, 0.25) is 0 Å². The quantitative estimate of drug-likeness (QED) is 0.501. The third kappa shape index (κ3) is 4.12. The molecule has 2 N–H and O–H groups in total. The van der Waals surface area contributed by atoms with Gasteiger partial charge in [-0.1, -0.05) is 18.7 Å². The normalized spacial score (nSPS) is 27.8. The summed E-state index contributed by atoms with van der Waals surface area (Å²) in [5.41, 5.74) is -1.12. The zero-order valence-corrected chi connectivity index (χ0v) is 18.5. The fourth-order valence-corrected chi connectivity index (χ4v) is 5.72. The molecule has 186 valence electrons. The van der Waals surface area contributed by atoms with Gasteiger partial charge in [-0.15, -0.1) is 0 Å². The van der Waals surface area contributed by atoms with Gasteiger partial charge in [-0.05, 0) is 55.5 Å². The summed E-state index contributed by atoms with van der Waals surface area (Å²) in [5, 5.41) is 4.93. The second-order valence-corrected chi connectivity index (χ2v) is 9.33. The molecule has 2 atom stereocenters. The minimum absolute atomic E-state index is 0.113. The first-order valence-corrected chi connectivity index (χ1v) is 11.4. The zero-order valence-electron chi connectivity index (χ0n) is 18.5. The summed E-state index contributed by atoms with van der Waals surface area (Å²) in [6.07, 6.45) is -0.665. The molecule has 1 amide bonds. The van der Waals surface area contributed by atoms with Crippen molar-refractivity contribution in [2.75, 3.05) is 10.2 Å². The van der Waals surface area contributed by atoms with Crippen LogP contribution in [0.5, 0.6) is 0 Å². The van der Waals surface area contributed by atoms with Crippen LogP contribution < -0.4 is 15.5 Å². The van der Waals surface area contributed by atoms with Gasteiger partial charge >= 0.3 is 12.4 Å². The molecule has 1 aromatic carbocycles. The molecule has 2 saturated heterocycles. The molecular formula is C25H23F6N3O. The summed E-state index contributed by atoms with van der Waals surface area (Å²) >= 11 is 0. The maximum atomic E-state index is 13.9. The number of amides is 1. The molecule has 3 aliphatic heterocycles. The molecule has 10 heteroatoms. The van der Waals surface area contributed by atoms with Crippen LogP contribution in [-0.4, -0.2) is 24.2 Å². The third-order valence-electron chi connectivity index (χ3n) is 7.32. The van der Waals surface area contributed by atoms with Crippen molar-refractivity contribution in [3.63, 3.8) is 0 Å². The number of anilines is 2. The van der Waals surface area contributed by atoms with Crippen LogP contribution in [0.1, 0.15) is 31.2 Å². The third-order valence-corrected chi connectivity index (χ3v) is 7.32. The van der Waals surface area contributed by atoms with Gasteiger partial charge in [0.2, 0.25) is 0 Å². The summed E-state index contributed by atoms with van der Waals surface area (Å²) in [6, 6.07) is 4.24. The minimum Gasteiger partial charge on any atom is -0.366 e. The summed E-state index contributed by atoms with van der Waals surface area (Å²) in [4.78, 5) is 15.0. The average Bonchev–Trinajstić information content (AvgIpc) is 3.38. The first kappa shape index (κ1) is 23.6. The smallest absolute Gasteiger partial charge is 0.366 e. The first-order valence-electron chi connectivity index (χ1n) is 11.4. The van der Waals surface area contributed by atoms with Crippen molar-refractivity contribution >= 4 is 17.3 Å². The van der Waals surface area contributed by atoms with E-state index >= 15 is 0 Å². The highest BCUT2D eigenvalue weighted by Gasteiger charge is 2.48. The SMILES string of the molecule is C=C1C(C(=O)Nc2ccc(N3C4CCC3CC4)cc2C(F)(F)F)=CNC2=CC=CC(C(F)(F)F)C12. The fraction of sp³-hybridized carbons (Fsp3) is 0.400. The van der Waals surface area contributed by atoms with E-state index in [0.717, 1.165) is 37.8 Å². The van der Waals surface area contributed by atoms with E-state index in [2.05, 4.69) is 17.2 Å². The van der Waals surface area contributed by atoms with Crippen molar-refractivity contribution in [3.05, 3.63) is 71.6 Å². The summed E-state index contributed by atoms with van der Waals surface area (Å²) in [7, 11) is 0. The van der Waals surface area contributed by atoms with Crippen LogP contribution in [0.3, 0.4) is 0 Å². The Balaban J connectivity index is 1.42. The molecule has 1 aliphatic carbocycles. The maximum Gasteiger partial charge on any atom is 0.418 e. The predicted molar refractivity (Wildman–Crippen MR) is 119 cm³/mol. The lowest BCUT2D eigenvalue weighted by molar-refractivity contribution is -0.168. The largest absolute Gasteiger partial charge is 0.418 e. The van der Waals surface area contributed by atoms with E-state index in [1.807, 2.05) is 4.90 Å². The number of nitrogens with one attached hydrogen (secondary N) is 2. The highest BCUT2D eigenvalue weighted by atomic mass is 19.4. The number of allylic oxidation sites excluding steroid dienone is 4. The maximum absolute atomic E-state index is 13.9. The zero-order chi connectivity index (χ0) is 25.1. The number of benzene rings is 1. The molecule has 0 radical (unpaired) electrons. The van der Waals surface area contributed by atoms with Crippen LogP contribution in [0.15, 0.2) is 66.0 Å². The van der Waals surface area contributed by atoms with Gasteiger partial charge in [0.25, 0.3) is 5.91 Å². The monoisotopic (exact) mass is 495 g/mol. The highest BCUT2D eigenvalue weighted by Crippen LogP contribution is 2.46. The number of hydrogen-bond donors (Lipinski definition) is 2. The molecule has 4 aliphatic rings. The Labute approximate surface area is 198 Å². The van der Waals surface area contributed by atoms with Gasteiger partial charge in [0.1, 0.15) is 0 Å². The first-order chi connectivity index (χ1) is 16.4. The number of alkyl halides is 6. The van der Waals surface area contributed by atoms with Gasteiger partial charge in [-0.3, -0.25) is 4.79 Å². The number of fused-ring (bicyclic) bond motifs is 3. The van der Waals surface area contributed by atoms with Crippen LogP contribution in [0.4, 0.5) is 37.7 Å². The molecule has 5 rings (SSSR count). The molecule has 1 aromatic rings. The van der Waals surface area contributed by atoms with E-state index in [1.165, 1.54) is 24.4 Å². The highest BCUT2D eigenvalue weighted by molar-refractivity contribution is 6.07. The Bertz CT molecular complexity index is 1140. The molecule has 35 heavy (non-hydrogen) atoms. The molecule has 4 nitrogen and oxygen atoms in total. The Kier molecular flexibility index (Phi) is 5.52. The Morgan fingerprint density at radius 1 is 1.06 bits per heavy atom. The number of rotatable bonds is 3. The van der Waals surface area contributed by atoms with Gasteiger partial charge in [-0.25, -0.2) is 0 Å². The van der Waals surface area contributed by atoms with E-state index in [-0.39, 0.29) is 28.9 Å². The lowest BCUT2D eigenvalue weighted by Gasteiger charge is -2.36.